The molecule has 8 heteroatoms. The number of aromatic amines is 1. The van der Waals surface area contributed by atoms with Gasteiger partial charge in [0, 0.05) is 24.5 Å². The molecule has 2 aromatic carbocycles. The van der Waals surface area contributed by atoms with E-state index in [1.807, 2.05) is 6.92 Å². The van der Waals surface area contributed by atoms with Gasteiger partial charge in [0.15, 0.2) is 0 Å². The van der Waals surface area contributed by atoms with E-state index < -0.39 is 10.8 Å². The second kappa shape index (κ2) is 7.40. The number of nitrogens with zero attached hydrogens (tertiary/aromatic N) is 2. The van der Waals surface area contributed by atoms with E-state index in [4.69, 9.17) is 0 Å². The Balaban J connectivity index is 1.71. The van der Waals surface area contributed by atoms with Crippen LogP contribution in [-0.4, -0.2) is 32.5 Å². The molecule has 1 atom stereocenters. The van der Waals surface area contributed by atoms with E-state index in [2.05, 4.69) is 15.3 Å². The summed E-state index contributed by atoms with van der Waals surface area (Å²) in [5.41, 5.74) is 1.30. The van der Waals surface area contributed by atoms with Crippen molar-refractivity contribution in [3.05, 3.63) is 71.8 Å². The summed E-state index contributed by atoms with van der Waals surface area (Å²) in [4.78, 5) is 35.1. The Morgan fingerprint density at radius 3 is 2.79 bits per heavy atom. The molecule has 3 aromatic rings. The molecule has 0 bridgehead atoms. The molecule has 4 rings (SSSR count). The molecule has 0 saturated carbocycles. The number of fused-ring (bicyclic) bond motifs is 2. The summed E-state index contributed by atoms with van der Waals surface area (Å²) < 4.78 is 13.1. The molecule has 2 heterocycles. The summed E-state index contributed by atoms with van der Waals surface area (Å²) in [7, 11) is -1.51. The number of carbonyl (C=O) groups is 2. The van der Waals surface area contributed by atoms with E-state index in [9.17, 15) is 13.8 Å². The first kappa shape index (κ1) is 18.1. The van der Waals surface area contributed by atoms with Crippen molar-refractivity contribution in [1.29, 1.82) is 0 Å². The zero-order valence-electron chi connectivity index (χ0n) is 15.1. The van der Waals surface area contributed by atoms with Crippen molar-refractivity contribution in [2.75, 3.05) is 11.4 Å². The van der Waals surface area contributed by atoms with E-state index in [0.29, 0.717) is 39.0 Å². The Morgan fingerprint density at radius 1 is 1.21 bits per heavy atom. The number of benzene rings is 2. The van der Waals surface area contributed by atoms with Crippen LogP contribution in [0.5, 0.6) is 0 Å². The third-order valence-electron chi connectivity index (χ3n) is 4.56. The van der Waals surface area contributed by atoms with Gasteiger partial charge in [-0.1, -0.05) is 12.1 Å². The highest BCUT2D eigenvalue weighted by Crippen LogP contribution is 2.34. The number of rotatable bonds is 4. The predicted octanol–water partition coefficient (Wildman–Crippen LogP) is 2.49. The van der Waals surface area contributed by atoms with Crippen molar-refractivity contribution < 1.29 is 13.8 Å². The van der Waals surface area contributed by atoms with Gasteiger partial charge in [-0.25, -0.2) is 9.19 Å². The number of nitrogens with one attached hydrogen (secondary N) is 2. The van der Waals surface area contributed by atoms with Crippen molar-refractivity contribution in [1.82, 2.24) is 15.3 Å². The predicted molar refractivity (Wildman–Crippen MR) is 105 cm³/mol. The second-order valence-corrected chi connectivity index (χ2v) is 7.63. The van der Waals surface area contributed by atoms with Gasteiger partial charge in [0.25, 0.3) is 11.8 Å². The zero-order valence-corrected chi connectivity index (χ0v) is 16.0. The fraction of sp³-hybridized carbons (Fsp3) is 0.150. The fourth-order valence-corrected chi connectivity index (χ4v) is 4.52. The molecule has 0 saturated heterocycles. The smallest absolute Gasteiger partial charge is 0.259 e. The lowest BCUT2D eigenvalue weighted by molar-refractivity contribution is 0.0947. The maximum atomic E-state index is 13.1. The minimum absolute atomic E-state index is 0.224. The molecule has 1 aliphatic rings. The Bertz CT molecular complexity index is 1080. The Morgan fingerprint density at radius 2 is 2.04 bits per heavy atom. The Hall–Kier alpha value is -3.26. The number of hydrogen-bond donors (Lipinski definition) is 2. The average molecular weight is 394 g/mol. The van der Waals surface area contributed by atoms with Crippen LogP contribution in [0.15, 0.2) is 64.6 Å². The van der Waals surface area contributed by atoms with Gasteiger partial charge in [-0.2, -0.15) is 0 Å². The zero-order chi connectivity index (χ0) is 19.7. The molecule has 142 valence electrons. The first-order chi connectivity index (χ1) is 13.6. The summed E-state index contributed by atoms with van der Waals surface area (Å²) in [6.07, 6.45) is 3.29. The fourth-order valence-electron chi connectivity index (χ4n) is 3.18. The van der Waals surface area contributed by atoms with Crippen LogP contribution in [-0.2, 0) is 17.3 Å². The van der Waals surface area contributed by atoms with Crippen molar-refractivity contribution in [3.8, 4) is 0 Å². The van der Waals surface area contributed by atoms with Crippen molar-refractivity contribution in [2.24, 2.45) is 0 Å². The first-order valence-electron chi connectivity index (χ1n) is 8.83. The number of amides is 2. The van der Waals surface area contributed by atoms with Crippen molar-refractivity contribution in [2.45, 2.75) is 23.3 Å². The highest BCUT2D eigenvalue weighted by atomic mass is 32.2. The maximum absolute atomic E-state index is 13.1. The number of carbonyl (C=O) groups excluding carboxylic acids is 2. The molecule has 1 unspecified atom stereocenters. The topological polar surface area (TPSA) is 95.2 Å². The molecule has 0 spiro atoms. The summed E-state index contributed by atoms with van der Waals surface area (Å²) in [6.45, 7) is 2.51. The summed E-state index contributed by atoms with van der Waals surface area (Å²) in [5.74, 6) is 0.124. The minimum Gasteiger partial charge on any atom is -0.347 e. The van der Waals surface area contributed by atoms with E-state index in [1.54, 1.807) is 59.8 Å². The molecule has 0 fully saturated rings. The molecule has 0 aliphatic carbocycles. The molecule has 2 N–H and O–H groups in total. The van der Waals surface area contributed by atoms with Crippen LogP contribution in [0.25, 0.3) is 0 Å². The highest BCUT2D eigenvalue weighted by molar-refractivity contribution is 7.85. The number of aromatic nitrogens is 2. The van der Waals surface area contributed by atoms with Crippen LogP contribution >= 0.6 is 0 Å². The number of imidazole rings is 1. The summed E-state index contributed by atoms with van der Waals surface area (Å²) >= 11 is 0. The number of hydrogen-bond acceptors (Lipinski definition) is 4. The van der Waals surface area contributed by atoms with Gasteiger partial charge in [-0.05, 0) is 37.3 Å². The molecular formula is C20H18N4O3S. The molecule has 2 amide bonds. The van der Waals surface area contributed by atoms with Crippen LogP contribution in [0.3, 0.4) is 0 Å². The summed E-state index contributed by atoms with van der Waals surface area (Å²) in [5, 5.41) is 2.78. The molecular weight excluding hydrogens is 376 g/mol. The minimum atomic E-state index is -1.51. The van der Waals surface area contributed by atoms with Crippen LogP contribution in [0.4, 0.5) is 5.69 Å². The lowest BCUT2D eigenvalue weighted by Crippen LogP contribution is -2.31. The van der Waals surface area contributed by atoms with E-state index in [-0.39, 0.29) is 18.4 Å². The van der Waals surface area contributed by atoms with Gasteiger partial charge in [-0.15, -0.1) is 0 Å². The molecule has 0 radical (unpaired) electrons. The van der Waals surface area contributed by atoms with Crippen LogP contribution in [0.2, 0.25) is 0 Å². The highest BCUT2D eigenvalue weighted by Gasteiger charge is 2.30. The lowest BCUT2D eigenvalue weighted by Gasteiger charge is -2.21. The Kier molecular flexibility index (Phi) is 4.79. The standard InChI is InChI=1S/C20H18N4O3S/c1-2-24-15-11-13(19(25)23-12-18-21-9-10-22-18)7-8-17(15)28(27)16-6-4-3-5-14(16)20(24)26/h3-11H,2,12H2,1H3,(H,21,22)(H,23,25). The second-order valence-electron chi connectivity index (χ2n) is 6.22. The van der Waals surface area contributed by atoms with E-state index in [1.165, 1.54) is 0 Å². The molecule has 1 aromatic heterocycles. The quantitative estimate of drug-likeness (QED) is 0.711. The third kappa shape index (κ3) is 3.11. The molecule has 7 nitrogen and oxygen atoms in total. The average Bonchev–Trinajstić information content (AvgIpc) is 3.23. The lowest BCUT2D eigenvalue weighted by atomic mass is 10.1. The van der Waals surface area contributed by atoms with Crippen molar-refractivity contribution in [3.63, 3.8) is 0 Å². The monoisotopic (exact) mass is 394 g/mol. The summed E-state index contributed by atoms with van der Waals surface area (Å²) in [6, 6.07) is 11.8. The maximum Gasteiger partial charge on any atom is 0.259 e. The van der Waals surface area contributed by atoms with Gasteiger partial charge in [-0.3, -0.25) is 9.59 Å². The number of anilines is 1. The van der Waals surface area contributed by atoms with Crippen LogP contribution < -0.4 is 10.2 Å². The van der Waals surface area contributed by atoms with E-state index in [0.717, 1.165) is 0 Å². The normalized spacial score (nSPS) is 15.5. The van der Waals surface area contributed by atoms with Gasteiger partial charge in [0.2, 0.25) is 0 Å². The van der Waals surface area contributed by atoms with Gasteiger partial charge in [0.1, 0.15) is 5.82 Å². The molecule has 1 aliphatic heterocycles. The third-order valence-corrected chi connectivity index (χ3v) is 6.06. The van der Waals surface area contributed by atoms with Gasteiger partial charge >= 0.3 is 0 Å². The number of H-pyrrole nitrogens is 1. The van der Waals surface area contributed by atoms with Gasteiger partial charge in [0.05, 0.1) is 38.4 Å². The SMILES string of the molecule is CCN1C(=O)c2ccccc2S(=O)c2ccc(C(=O)NCc3ncc[nH]3)cc21. The molecule has 28 heavy (non-hydrogen) atoms. The Labute approximate surface area is 164 Å². The first-order valence-corrected chi connectivity index (χ1v) is 9.98. The van der Waals surface area contributed by atoms with Gasteiger partial charge < -0.3 is 15.2 Å². The van der Waals surface area contributed by atoms with Crippen LogP contribution in [0, 0.1) is 0 Å². The van der Waals surface area contributed by atoms with E-state index >= 15 is 0 Å². The van der Waals surface area contributed by atoms with Crippen LogP contribution in [0.1, 0.15) is 33.5 Å². The largest absolute Gasteiger partial charge is 0.347 e. The van der Waals surface area contributed by atoms with Crippen molar-refractivity contribution >= 4 is 28.3 Å².